The van der Waals surface area contributed by atoms with Gasteiger partial charge in [0.1, 0.15) is 18.2 Å². The van der Waals surface area contributed by atoms with Gasteiger partial charge in [0, 0.05) is 49.7 Å². The minimum absolute atomic E-state index is 0.0176. The van der Waals surface area contributed by atoms with E-state index in [0.717, 1.165) is 22.5 Å². The maximum Gasteiger partial charge on any atom is 0.335 e. The molecule has 2 N–H and O–H groups in total. The fourth-order valence-electron chi connectivity index (χ4n) is 5.61. The molecule has 3 aromatic carbocycles. The van der Waals surface area contributed by atoms with E-state index in [9.17, 15) is 19.5 Å². The minimum Gasteiger partial charge on any atom is -0.478 e. The van der Waals surface area contributed by atoms with Crippen LogP contribution in [0.25, 0.3) is 22.9 Å². The Morgan fingerprint density at radius 3 is 2.52 bits per heavy atom. The van der Waals surface area contributed by atoms with Gasteiger partial charge in [0.2, 0.25) is 5.91 Å². The maximum atomic E-state index is 15.2. The summed E-state index contributed by atoms with van der Waals surface area (Å²) in [7, 11) is 3.80. The predicted molar refractivity (Wildman–Crippen MR) is 177 cm³/mol. The van der Waals surface area contributed by atoms with E-state index in [0.29, 0.717) is 17.7 Å². The second kappa shape index (κ2) is 13.4. The van der Waals surface area contributed by atoms with Crippen LogP contribution in [0.5, 0.6) is 0 Å². The molecule has 2 amide bonds. The molecule has 0 aliphatic carbocycles. The summed E-state index contributed by atoms with van der Waals surface area (Å²) in [4.78, 5) is 47.1. The van der Waals surface area contributed by atoms with Crippen molar-refractivity contribution in [3.8, 4) is 16.8 Å². The Bertz CT molecular complexity index is 2030. The Morgan fingerprint density at radius 2 is 1.85 bits per heavy atom. The highest BCUT2D eigenvalue weighted by atomic mass is 35.5. The maximum absolute atomic E-state index is 15.2. The van der Waals surface area contributed by atoms with Gasteiger partial charge in [0.25, 0.3) is 5.91 Å². The number of hydrogen-bond donors (Lipinski definition) is 2. The quantitative estimate of drug-likeness (QED) is 0.217. The molecule has 0 radical (unpaired) electrons. The second-order valence-electron chi connectivity index (χ2n) is 11.1. The van der Waals surface area contributed by atoms with Crippen molar-refractivity contribution in [2.24, 2.45) is 0 Å². The molecule has 242 valence electrons. The van der Waals surface area contributed by atoms with E-state index in [1.165, 1.54) is 64.5 Å². The van der Waals surface area contributed by atoms with Crippen molar-refractivity contribution in [1.29, 1.82) is 0 Å². The van der Waals surface area contributed by atoms with E-state index in [1.54, 1.807) is 12.3 Å². The number of fused-ring (bicyclic) bond motifs is 1. The molecule has 0 fully saturated rings. The lowest BCUT2D eigenvalue weighted by Crippen LogP contribution is -2.45. The van der Waals surface area contributed by atoms with Crippen LogP contribution in [0.4, 0.5) is 15.9 Å². The number of nitrogens with zero attached hydrogens (tertiary/aromatic N) is 7. The first kappa shape index (κ1) is 32.0. The summed E-state index contributed by atoms with van der Waals surface area (Å²) in [6.07, 6.45) is 5.95. The highest BCUT2D eigenvalue weighted by Gasteiger charge is 2.36. The number of aromatic nitrogens is 5. The molecule has 1 atom stereocenters. The first-order chi connectivity index (χ1) is 23.1. The summed E-state index contributed by atoms with van der Waals surface area (Å²) in [5.41, 5.74) is 3.88. The molecule has 6 rings (SSSR count). The Morgan fingerprint density at radius 1 is 1.06 bits per heavy atom. The Balaban J connectivity index is 1.38. The number of carboxylic acid groups (broad SMARTS) is 1. The molecule has 12 nitrogen and oxygen atoms in total. The molecule has 2 aromatic heterocycles. The number of carbonyl (C=O) groups is 3. The third-order valence-electron chi connectivity index (χ3n) is 7.97. The van der Waals surface area contributed by atoms with Gasteiger partial charge < -0.3 is 20.2 Å². The van der Waals surface area contributed by atoms with Gasteiger partial charge in [-0.1, -0.05) is 29.8 Å². The normalized spacial score (nSPS) is 14.1. The van der Waals surface area contributed by atoms with Crippen molar-refractivity contribution in [3.05, 3.63) is 118 Å². The van der Waals surface area contributed by atoms with Gasteiger partial charge in [0.05, 0.1) is 16.3 Å². The van der Waals surface area contributed by atoms with Gasteiger partial charge in [-0.25, -0.2) is 14.2 Å². The van der Waals surface area contributed by atoms with E-state index in [2.05, 4.69) is 25.8 Å². The zero-order valence-corrected chi connectivity index (χ0v) is 26.5. The van der Waals surface area contributed by atoms with Crippen molar-refractivity contribution in [3.63, 3.8) is 0 Å². The molecule has 0 saturated carbocycles. The molecule has 3 heterocycles. The van der Waals surface area contributed by atoms with Crippen LogP contribution in [-0.2, 0) is 16.0 Å². The van der Waals surface area contributed by atoms with Crippen molar-refractivity contribution in [1.82, 2.24) is 30.1 Å². The van der Waals surface area contributed by atoms with Gasteiger partial charge >= 0.3 is 5.97 Å². The van der Waals surface area contributed by atoms with Crippen LogP contribution in [-0.4, -0.2) is 73.6 Å². The number of halogens is 2. The van der Waals surface area contributed by atoms with Crippen LogP contribution in [0.2, 0.25) is 5.02 Å². The smallest absolute Gasteiger partial charge is 0.335 e. The molecule has 48 heavy (non-hydrogen) atoms. The zero-order valence-electron chi connectivity index (χ0n) is 25.7. The number of nitrogens with one attached hydrogen (secondary N) is 1. The standard InChI is InChI=1S/C34H28ClFN8O4/c1-42(2)29-14-8-21(18-37-29)23-4-3-5-25-24(23)16-17-43(32(25)33(46)39-22-9-6-20(7-10-22)34(47)48)30(45)15-11-26-28(44-19-38-40-41-44)13-12-27(35)31(26)36/h3-15,18-19,32H,16-17H2,1-2H3,(H,39,46)(H,47,48)/b15-11+. The number of benzene rings is 3. The molecule has 0 saturated heterocycles. The second-order valence-corrected chi connectivity index (χ2v) is 11.5. The summed E-state index contributed by atoms with van der Waals surface area (Å²) in [5.74, 6) is -2.14. The zero-order chi connectivity index (χ0) is 33.9. The third kappa shape index (κ3) is 6.35. The van der Waals surface area contributed by atoms with Crippen LogP contribution in [0.1, 0.15) is 33.1 Å². The van der Waals surface area contributed by atoms with Crippen LogP contribution < -0.4 is 10.2 Å². The lowest BCUT2D eigenvalue weighted by molar-refractivity contribution is -0.135. The number of carboxylic acids is 1. The Kier molecular flexibility index (Phi) is 8.95. The number of carbonyl (C=O) groups excluding carboxylic acids is 2. The van der Waals surface area contributed by atoms with E-state index >= 15 is 4.39 Å². The summed E-state index contributed by atoms with van der Waals surface area (Å²) >= 11 is 6.07. The van der Waals surface area contributed by atoms with Crippen molar-refractivity contribution >= 4 is 47.0 Å². The van der Waals surface area contributed by atoms with Crippen LogP contribution in [0, 0.1) is 5.82 Å². The molecule has 5 aromatic rings. The van der Waals surface area contributed by atoms with Crippen LogP contribution >= 0.6 is 11.6 Å². The third-order valence-corrected chi connectivity index (χ3v) is 8.26. The van der Waals surface area contributed by atoms with Crippen molar-refractivity contribution < 1.29 is 23.9 Å². The number of pyridine rings is 1. The summed E-state index contributed by atoms with van der Waals surface area (Å²) in [6.45, 7) is 0.171. The number of rotatable bonds is 8. The van der Waals surface area contributed by atoms with Gasteiger partial charge in [-0.15, -0.1) is 5.10 Å². The number of amides is 2. The number of aromatic carboxylic acids is 1. The van der Waals surface area contributed by atoms with Crippen LogP contribution in [0.15, 0.2) is 85.3 Å². The van der Waals surface area contributed by atoms with Crippen LogP contribution in [0.3, 0.4) is 0 Å². The molecule has 0 spiro atoms. The SMILES string of the molecule is CN(C)c1ccc(-c2cccc3c2CCN(C(=O)/C=C/c2c(-n4cnnn4)ccc(Cl)c2F)C3C(=O)Nc2ccc(C(=O)O)cc2)cn1. The largest absolute Gasteiger partial charge is 0.478 e. The Hall–Kier alpha value is -5.95. The number of hydrogen-bond acceptors (Lipinski definition) is 8. The van der Waals surface area contributed by atoms with Gasteiger partial charge in [-0.2, -0.15) is 4.68 Å². The van der Waals surface area contributed by atoms with Crippen molar-refractivity contribution in [2.75, 3.05) is 30.9 Å². The summed E-state index contributed by atoms with van der Waals surface area (Å²) in [5, 5.41) is 23.0. The molecular formula is C34H28ClFN8O4. The van der Waals surface area contributed by atoms with E-state index in [1.807, 2.05) is 43.3 Å². The summed E-state index contributed by atoms with van der Waals surface area (Å²) in [6, 6.07) is 16.9. The van der Waals surface area contributed by atoms with E-state index < -0.39 is 29.6 Å². The minimum atomic E-state index is -1.10. The highest BCUT2D eigenvalue weighted by Crippen LogP contribution is 2.37. The molecule has 1 unspecified atom stereocenters. The predicted octanol–water partition coefficient (Wildman–Crippen LogP) is 5.06. The fourth-order valence-corrected chi connectivity index (χ4v) is 5.78. The number of tetrazole rings is 1. The number of anilines is 2. The van der Waals surface area contributed by atoms with Gasteiger partial charge in [0.15, 0.2) is 5.82 Å². The molecule has 14 heteroatoms. The lowest BCUT2D eigenvalue weighted by Gasteiger charge is -2.36. The highest BCUT2D eigenvalue weighted by molar-refractivity contribution is 6.31. The molecule has 1 aliphatic rings. The molecule has 1 aliphatic heterocycles. The first-order valence-corrected chi connectivity index (χ1v) is 15.1. The average molecular weight is 667 g/mol. The average Bonchev–Trinajstić information content (AvgIpc) is 3.63. The molecule has 0 bridgehead atoms. The van der Waals surface area contributed by atoms with E-state index in [4.69, 9.17) is 11.6 Å². The lowest BCUT2D eigenvalue weighted by atomic mass is 9.86. The Labute approximate surface area is 279 Å². The monoisotopic (exact) mass is 666 g/mol. The first-order valence-electron chi connectivity index (χ1n) is 14.7. The van der Waals surface area contributed by atoms with Gasteiger partial charge in [-0.05, 0) is 88.1 Å². The fraction of sp³-hybridized carbons (Fsp3) is 0.147. The van der Waals surface area contributed by atoms with Crippen molar-refractivity contribution in [2.45, 2.75) is 12.5 Å². The topological polar surface area (TPSA) is 146 Å². The molecular weight excluding hydrogens is 639 g/mol. The van der Waals surface area contributed by atoms with Gasteiger partial charge in [-0.3, -0.25) is 9.59 Å². The summed E-state index contributed by atoms with van der Waals surface area (Å²) < 4.78 is 16.5. The van der Waals surface area contributed by atoms with E-state index in [-0.39, 0.29) is 28.4 Å².